The molecule has 1 atom stereocenters. The van der Waals surface area contributed by atoms with Gasteiger partial charge >= 0.3 is 6.01 Å². The Labute approximate surface area is 111 Å². The Morgan fingerprint density at radius 1 is 1.47 bits per heavy atom. The summed E-state index contributed by atoms with van der Waals surface area (Å²) in [6.07, 6.45) is 1.78. The molecule has 1 saturated heterocycles. The number of nitrogens with zero attached hydrogens (tertiary/aromatic N) is 4. The number of nitrogen functional groups attached to an aromatic ring is 1. The van der Waals surface area contributed by atoms with E-state index in [9.17, 15) is 4.79 Å². The van der Waals surface area contributed by atoms with Gasteiger partial charge in [-0.3, -0.25) is 4.79 Å². The summed E-state index contributed by atoms with van der Waals surface area (Å²) in [7, 11) is 3.12. The fourth-order valence-corrected chi connectivity index (χ4v) is 2.17. The fraction of sp³-hybridized carbons (Fsp3) is 0.636. The van der Waals surface area contributed by atoms with Gasteiger partial charge in [0, 0.05) is 20.1 Å². The zero-order valence-electron chi connectivity index (χ0n) is 11.1. The molecule has 0 saturated carbocycles. The molecule has 1 aliphatic rings. The summed E-state index contributed by atoms with van der Waals surface area (Å²) in [6, 6.07) is 0.185. The van der Waals surface area contributed by atoms with Gasteiger partial charge in [0.2, 0.25) is 17.8 Å². The quantitative estimate of drug-likeness (QED) is 0.754. The monoisotopic (exact) mass is 266 g/mol. The number of nitrogens with one attached hydrogen (secondary N) is 1. The van der Waals surface area contributed by atoms with Crippen molar-refractivity contribution in [3.05, 3.63) is 0 Å². The van der Waals surface area contributed by atoms with Crippen LogP contribution < -0.4 is 20.7 Å². The van der Waals surface area contributed by atoms with Crippen LogP contribution >= 0.6 is 0 Å². The van der Waals surface area contributed by atoms with Crippen LogP contribution in [0.3, 0.4) is 0 Å². The van der Waals surface area contributed by atoms with Crippen LogP contribution in [-0.4, -0.2) is 48.1 Å². The van der Waals surface area contributed by atoms with Gasteiger partial charge in [-0.05, 0) is 12.8 Å². The molecule has 1 fully saturated rings. The second kappa shape index (κ2) is 5.68. The molecule has 104 valence electrons. The zero-order valence-corrected chi connectivity index (χ0v) is 11.1. The third-order valence-corrected chi connectivity index (χ3v) is 3.12. The lowest BCUT2D eigenvalue weighted by atomic mass is 9.97. The minimum atomic E-state index is -0.0530. The highest BCUT2D eigenvalue weighted by Crippen LogP contribution is 2.22. The first-order chi connectivity index (χ1) is 9.13. The number of amides is 1. The Balaban J connectivity index is 2.17. The van der Waals surface area contributed by atoms with Crippen molar-refractivity contribution in [3.8, 4) is 6.01 Å². The number of aromatic nitrogens is 3. The molecular weight excluding hydrogens is 248 g/mol. The lowest BCUT2D eigenvalue weighted by Gasteiger charge is -2.31. The number of piperidine rings is 1. The van der Waals surface area contributed by atoms with E-state index in [0.29, 0.717) is 12.5 Å². The summed E-state index contributed by atoms with van der Waals surface area (Å²) in [5, 5.41) is 2.67. The third-order valence-electron chi connectivity index (χ3n) is 3.12. The summed E-state index contributed by atoms with van der Waals surface area (Å²) < 4.78 is 4.97. The zero-order chi connectivity index (χ0) is 13.8. The van der Waals surface area contributed by atoms with Crippen LogP contribution in [0.5, 0.6) is 6.01 Å². The highest BCUT2D eigenvalue weighted by molar-refractivity contribution is 5.79. The van der Waals surface area contributed by atoms with Crippen molar-refractivity contribution >= 4 is 17.8 Å². The fourth-order valence-electron chi connectivity index (χ4n) is 2.17. The Morgan fingerprint density at radius 2 is 2.26 bits per heavy atom. The molecule has 8 heteroatoms. The second-order valence-corrected chi connectivity index (χ2v) is 4.38. The lowest BCUT2D eigenvalue weighted by Crippen LogP contribution is -2.43. The van der Waals surface area contributed by atoms with Gasteiger partial charge in [-0.15, -0.1) is 0 Å². The summed E-state index contributed by atoms with van der Waals surface area (Å²) >= 11 is 0. The number of anilines is 2. The molecular formula is C11H18N6O2. The van der Waals surface area contributed by atoms with Crippen molar-refractivity contribution in [2.24, 2.45) is 5.92 Å². The minimum Gasteiger partial charge on any atom is -0.467 e. The number of carbonyl (C=O) groups excluding carboxylic acids is 1. The van der Waals surface area contributed by atoms with Crippen molar-refractivity contribution in [1.82, 2.24) is 20.3 Å². The van der Waals surface area contributed by atoms with Gasteiger partial charge < -0.3 is 20.7 Å². The molecule has 2 rings (SSSR count). The van der Waals surface area contributed by atoms with Crippen molar-refractivity contribution in [3.63, 3.8) is 0 Å². The van der Waals surface area contributed by atoms with E-state index < -0.39 is 0 Å². The lowest BCUT2D eigenvalue weighted by molar-refractivity contribution is -0.124. The van der Waals surface area contributed by atoms with E-state index in [0.717, 1.165) is 19.4 Å². The molecule has 2 heterocycles. The van der Waals surface area contributed by atoms with Gasteiger partial charge in [-0.1, -0.05) is 0 Å². The predicted octanol–water partition coefficient (Wildman–Crippen LogP) is -0.575. The van der Waals surface area contributed by atoms with E-state index in [2.05, 4.69) is 20.3 Å². The van der Waals surface area contributed by atoms with Crippen LogP contribution in [0.2, 0.25) is 0 Å². The Kier molecular flexibility index (Phi) is 3.98. The maximum Gasteiger partial charge on any atom is 0.322 e. The third kappa shape index (κ3) is 3.01. The Bertz CT molecular complexity index is 466. The topological polar surface area (TPSA) is 106 Å². The van der Waals surface area contributed by atoms with Gasteiger partial charge in [0.05, 0.1) is 13.0 Å². The van der Waals surface area contributed by atoms with E-state index in [-0.39, 0.29) is 23.8 Å². The number of rotatable bonds is 3. The molecule has 1 aromatic heterocycles. The second-order valence-electron chi connectivity index (χ2n) is 4.38. The molecule has 0 bridgehead atoms. The van der Waals surface area contributed by atoms with E-state index in [1.165, 1.54) is 7.11 Å². The normalized spacial score (nSPS) is 19.1. The molecule has 0 radical (unpaired) electrons. The predicted molar refractivity (Wildman–Crippen MR) is 69.8 cm³/mol. The van der Waals surface area contributed by atoms with Gasteiger partial charge in [-0.2, -0.15) is 15.0 Å². The Hall–Kier alpha value is -2.12. The minimum absolute atomic E-state index is 0.0405. The van der Waals surface area contributed by atoms with Gasteiger partial charge in [-0.25, -0.2) is 0 Å². The SMILES string of the molecule is CNC(=O)C1CCCN(c2nc(N)nc(OC)n2)C1. The van der Waals surface area contributed by atoms with Crippen LogP contribution in [0, 0.1) is 5.92 Å². The van der Waals surface area contributed by atoms with E-state index >= 15 is 0 Å². The number of methoxy groups -OCH3 is 1. The van der Waals surface area contributed by atoms with E-state index in [4.69, 9.17) is 10.5 Å². The van der Waals surface area contributed by atoms with Crippen molar-refractivity contribution < 1.29 is 9.53 Å². The summed E-state index contributed by atoms with van der Waals surface area (Å²) in [6.45, 7) is 1.37. The van der Waals surface area contributed by atoms with Gasteiger partial charge in [0.25, 0.3) is 0 Å². The molecule has 0 aromatic carbocycles. The average molecular weight is 266 g/mol. The molecule has 1 unspecified atom stereocenters. The number of hydrogen-bond acceptors (Lipinski definition) is 7. The van der Waals surface area contributed by atoms with Crippen LogP contribution in [0.1, 0.15) is 12.8 Å². The van der Waals surface area contributed by atoms with Crippen molar-refractivity contribution in [1.29, 1.82) is 0 Å². The molecule has 1 aliphatic heterocycles. The standard InChI is InChI=1S/C11H18N6O2/c1-13-8(18)7-4-3-5-17(6-7)10-14-9(12)15-11(16-10)19-2/h7H,3-6H2,1-2H3,(H,13,18)(H2,12,14,15,16). The van der Waals surface area contributed by atoms with Crippen LogP contribution in [0.15, 0.2) is 0 Å². The smallest absolute Gasteiger partial charge is 0.322 e. The van der Waals surface area contributed by atoms with Crippen LogP contribution in [0.4, 0.5) is 11.9 Å². The van der Waals surface area contributed by atoms with Gasteiger partial charge in [0.1, 0.15) is 0 Å². The number of carbonyl (C=O) groups is 1. The molecule has 0 aliphatic carbocycles. The van der Waals surface area contributed by atoms with Crippen LogP contribution in [0.25, 0.3) is 0 Å². The summed E-state index contributed by atoms with van der Waals surface area (Å²) in [5.74, 6) is 0.559. The number of nitrogens with two attached hydrogens (primary N) is 1. The first-order valence-corrected chi connectivity index (χ1v) is 6.16. The van der Waals surface area contributed by atoms with E-state index in [1.54, 1.807) is 7.05 Å². The van der Waals surface area contributed by atoms with E-state index in [1.807, 2.05) is 4.90 Å². The molecule has 1 amide bonds. The van der Waals surface area contributed by atoms with Crippen molar-refractivity contribution in [2.45, 2.75) is 12.8 Å². The molecule has 0 spiro atoms. The molecule has 3 N–H and O–H groups in total. The molecule has 19 heavy (non-hydrogen) atoms. The first-order valence-electron chi connectivity index (χ1n) is 6.16. The highest BCUT2D eigenvalue weighted by Gasteiger charge is 2.27. The number of ether oxygens (including phenoxy) is 1. The highest BCUT2D eigenvalue weighted by atomic mass is 16.5. The van der Waals surface area contributed by atoms with Crippen LogP contribution in [-0.2, 0) is 4.79 Å². The number of hydrogen-bond donors (Lipinski definition) is 2. The molecule has 1 aromatic rings. The average Bonchev–Trinajstić information content (AvgIpc) is 2.45. The Morgan fingerprint density at radius 3 is 2.95 bits per heavy atom. The molecule has 8 nitrogen and oxygen atoms in total. The van der Waals surface area contributed by atoms with Crippen molar-refractivity contribution in [2.75, 3.05) is 37.9 Å². The van der Waals surface area contributed by atoms with Gasteiger partial charge in [0.15, 0.2) is 0 Å². The maximum atomic E-state index is 11.7. The first kappa shape index (κ1) is 13.3. The summed E-state index contributed by atoms with van der Waals surface area (Å²) in [5.41, 5.74) is 5.61. The summed E-state index contributed by atoms with van der Waals surface area (Å²) in [4.78, 5) is 25.7. The largest absolute Gasteiger partial charge is 0.467 e. The maximum absolute atomic E-state index is 11.7.